The Morgan fingerprint density at radius 3 is 2.45 bits per heavy atom. The van der Waals surface area contributed by atoms with Gasteiger partial charge in [0.1, 0.15) is 0 Å². The molecule has 20 heavy (non-hydrogen) atoms. The molecule has 0 saturated heterocycles. The second-order valence-electron chi connectivity index (χ2n) is 5.03. The van der Waals surface area contributed by atoms with Gasteiger partial charge < -0.3 is 11.1 Å². The highest BCUT2D eigenvalue weighted by molar-refractivity contribution is 6.42. The fraction of sp³-hybridized carbons (Fsp3) is 0.533. The lowest BCUT2D eigenvalue weighted by Gasteiger charge is -2.30. The highest BCUT2D eigenvalue weighted by atomic mass is 35.5. The molecule has 0 heterocycles. The lowest BCUT2D eigenvalue weighted by molar-refractivity contribution is -0.131. The Bertz CT molecular complexity index is 465. The van der Waals surface area contributed by atoms with Crippen LogP contribution in [0.15, 0.2) is 18.2 Å². The lowest BCUT2D eigenvalue weighted by atomic mass is 9.81. The van der Waals surface area contributed by atoms with Crippen molar-refractivity contribution in [3.05, 3.63) is 33.8 Å². The molecule has 0 radical (unpaired) electrons. The van der Waals surface area contributed by atoms with Crippen molar-refractivity contribution in [3.63, 3.8) is 0 Å². The van der Waals surface area contributed by atoms with Crippen LogP contribution in [0.25, 0.3) is 0 Å². The molecule has 0 aliphatic carbocycles. The second-order valence-corrected chi connectivity index (χ2v) is 5.81. The molecule has 5 heteroatoms. The number of hydrogen-bond acceptors (Lipinski definition) is 2. The number of carbonyl (C=O) groups is 1. The number of nitrogens with one attached hydrogen (secondary N) is 1. The Balaban J connectivity index is 2.92. The number of nitrogens with two attached hydrogens (primary N) is 1. The summed E-state index contributed by atoms with van der Waals surface area (Å²) in [6, 6.07) is 5.20. The molecule has 0 aromatic heterocycles. The highest BCUT2D eigenvalue weighted by Crippen LogP contribution is 2.31. The van der Waals surface area contributed by atoms with Gasteiger partial charge in [0.25, 0.3) is 0 Å². The quantitative estimate of drug-likeness (QED) is 0.835. The largest absolute Gasteiger partial charge is 0.349 e. The van der Waals surface area contributed by atoms with E-state index in [1.807, 2.05) is 32.9 Å². The summed E-state index contributed by atoms with van der Waals surface area (Å²) >= 11 is 12.2. The second kappa shape index (κ2) is 7.30. The summed E-state index contributed by atoms with van der Waals surface area (Å²) in [4.78, 5) is 12.5. The summed E-state index contributed by atoms with van der Waals surface area (Å²) in [7, 11) is 0. The third kappa shape index (κ3) is 3.46. The molecule has 0 aliphatic heterocycles. The Kier molecular flexibility index (Phi) is 6.31. The van der Waals surface area contributed by atoms with Crippen molar-refractivity contribution in [2.45, 2.75) is 39.7 Å². The zero-order valence-electron chi connectivity index (χ0n) is 12.2. The van der Waals surface area contributed by atoms with Gasteiger partial charge in [-0.05, 0) is 31.4 Å². The minimum atomic E-state index is -0.515. The zero-order valence-corrected chi connectivity index (χ0v) is 13.7. The van der Waals surface area contributed by atoms with Crippen molar-refractivity contribution in [1.82, 2.24) is 5.32 Å². The van der Waals surface area contributed by atoms with Crippen LogP contribution in [0.3, 0.4) is 0 Å². The van der Waals surface area contributed by atoms with Crippen LogP contribution < -0.4 is 11.1 Å². The van der Waals surface area contributed by atoms with E-state index >= 15 is 0 Å². The van der Waals surface area contributed by atoms with Crippen molar-refractivity contribution in [3.8, 4) is 0 Å². The third-order valence-corrected chi connectivity index (χ3v) is 4.86. The lowest BCUT2D eigenvalue weighted by Crippen LogP contribution is -2.46. The van der Waals surface area contributed by atoms with Gasteiger partial charge in [0.05, 0.1) is 21.5 Å². The van der Waals surface area contributed by atoms with Gasteiger partial charge in [-0.2, -0.15) is 0 Å². The predicted octanol–water partition coefficient (Wildman–Crippen LogP) is 3.94. The van der Waals surface area contributed by atoms with Crippen LogP contribution in [0.1, 0.15) is 45.2 Å². The average molecular weight is 317 g/mol. The SMILES string of the molecule is CCC(CC)(CN)C(=O)NC(C)c1cccc(Cl)c1Cl. The monoisotopic (exact) mass is 316 g/mol. The van der Waals surface area contributed by atoms with E-state index in [0.29, 0.717) is 29.4 Å². The number of hydrogen-bond donors (Lipinski definition) is 2. The van der Waals surface area contributed by atoms with Crippen LogP contribution in [0.4, 0.5) is 0 Å². The molecule has 1 atom stereocenters. The number of rotatable bonds is 6. The van der Waals surface area contributed by atoms with E-state index < -0.39 is 5.41 Å². The standard InChI is InChI=1S/C15H22Cl2N2O/c1-4-15(5-2,9-18)14(20)19-10(3)11-7-6-8-12(16)13(11)17/h6-8,10H,4-5,9,18H2,1-3H3,(H,19,20). The van der Waals surface area contributed by atoms with Crippen LogP contribution in [-0.2, 0) is 4.79 Å². The smallest absolute Gasteiger partial charge is 0.227 e. The molecule has 1 aromatic carbocycles. The molecule has 1 rings (SSSR count). The van der Waals surface area contributed by atoms with Gasteiger partial charge in [-0.3, -0.25) is 4.79 Å². The molecule has 3 nitrogen and oxygen atoms in total. The van der Waals surface area contributed by atoms with Crippen molar-refractivity contribution < 1.29 is 4.79 Å². The molecule has 1 unspecified atom stereocenters. The average Bonchev–Trinajstić information content (AvgIpc) is 2.44. The molecule has 112 valence electrons. The molecule has 0 aliphatic rings. The van der Waals surface area contributed by atoms with Crippen molar-refractivity contribution in [2.24, 2.45) is 11.1 Å². The summed E-state index contributed by atoms with van der Waals surface area (Å²) in [6.07, 6.45) is 1.42. The first-order valence-corrected chi connectivity index (χ1v) is 7.62. The molecule has 1 aromatic rings. The van der Waals surface area contributed by atoms with Gasteiger partial charge >= 0.3 is 0 Å². The summed E-state index contributed by atoms with van der Waals surface area (Å²) in [5.41, 5.74) is 6.09. The molecule has 0 fully saturated rings. The predicted molar refractivity (Wildman–Crippen MR) is 85.1 cm³/mol. The topological polar surface area (TPSA) is 55.1 Å². The minimum Gasteiger partial charge on any atom is -0.349 e. The Morgan fingerprint density at radius 1 is 1.35 bits per heavy atom. The van der Waals surface area contributed by atoms with Crippen LogP contribution in [0, 0.1) is 5.41 Å². The van der Waals surface area contributed by atoms with E-state index in [9.17, 15) is 4.79 Å². The normalized spacial score (nSPS) is 13.1. The summed E-state index contributed by atoms with van der Waals surface area (Å²) in [5, 5.41) is 3.96. The maximum Gasteiger partial charge on any atom is 0.227 e. The van der Waals surface area contributed by atoms with E-state index in [-0.39, 0.29) is 11.9 Å². The molecular weight excluding hydrogens is 295 g/mol. The number of halogens is 2. The summed E-state index contributed by atoms with van der Waals surface area (Å²) in [5.74, 6) is -0.0338. The van der Waals surface area contributed by atoms with Gasteiger partial charge in [-0.25, -0.2) is 0 Å². The Labute approximate surface area is 130 Å². The molecule has 0 saturated carbocycles. The van der Waals surface area contributed by atoms with Gasteiger partial charge in [0.15, 0.2) is 0 Å². The fourth-order valence-corrected chi connectivity index (χ4v) is 2.71. The fourth-order valence-electron chi connectivity index (χ4n) is 2.23. The summed E-state index contributed by atoms with van der Waals surface area (Å²) in [6.45, 7) is 6.18. The van der Waals surface area contributed by atoms with Gasteiger partial charge in [0.2, 0.25) is 5.91 Å². The third-order valence-electron chi connectivity index (χ3n) is 4.02. The first-order chi connectivity index (χ1) is 9.41. The maximum atomic E-state index is 12.5. The molecule has 1 amide bonds. The summed E-state index contributed by atoms with van der Waals surface area (Å²) < 4.78 is 0. The van der Waals surface area contributed by atoms with Crippen LogP contribution >= 0.6 is 23.2 Å². The Morgan fingerprint density at radius 2 is 1.95 bits per heavy atom. The molecule has 0 bridgehead atoms. The number of carbonyl (C=O) groups excluding carboxylic acids is 1. The van der Waals surface area contributed by atoms with Crippen LogP contribution in [-0.4, -0.2) is 12.5 Å². The van der Waals surface area contributed by atoms with Gasteiger partial charge in [0, 0.05) is 6.54 Å². The van der Waals surface area contributed by atoms with E-state index in [4.69, 9.17) is 28.9 Å². The van der Waals surface area contributed by atoms with E-state index in [1.165, 1.54) is 0 Å². The van der Waals surface area contributed by atoms with Crippen molar-refractivity contribution >= 4 is 29.1 Å². The molecule has 3 N–H and O–H groups in total. The zero-order chi connectivity index (χ0) is 15.3. The van der Waals surface area contributed by atoms with Gasteiger partial charge in [-0.1, -0.05) is 49.2 Å². The van der Waals surface area contributed by atoms with E-state index in [2.05, 4.69) is 5.32 Å². The molecular formula is C15H22Cl2N2O. The van der Waals surface area contributed by atoms with Gasteiger partial charge in [-0.15, -0.1) is 0 Å². The first kappa shape index (κ1) is 17.3. The van der Waals surface area contributed by atoms with Crippen molar-refractivity contribution in [1.29, 1.82) is 0 Å². The van der Waals surface area contributed by atoms with E-state index in [1.54, 1.807) is 6.07 Å². The highest BCUT2D eigenvalue weighted by Gasteiger charge is 2.34. The minimum absolute atomic E-state index is 0.0338. The molecule has 0 spiro atoms. The Hall–Kier alpha value is -0.770. The number of benzene rings is 1. The first-order valence-electron chi connectivity index (χ1n) is 6.86. The van der Waals surface area contributed by atoms with Crippen LogP contribution in [0.2, 0.25) is 10.0 Å². The number of amides is 1. The maximum absolute atomic E-state index is 12.5. The van der Waals surface area contributed by atoms with E-state index in [0.717, 1.165) is 5.56 Å². The van der Waals surface area contributed by atoms with Crippen molar-refractivity contribution in [2.75, 3.05) is 6.54 Å². The van der Waals surface area contributed by atoms with Crippen LogP contribution in [0.5, 0.6) is 0 Å².